The molecule has 0 rings (SSSR count). The van der Waals surface area contributed by atoms with Gasteiger partial charge >= 0.3 is 0 Å². The summed E-state index contributed by atoms with van der Waals surface area (Å²) in [5, 5.41) is -0.608. The van der Waals surface area contributed by atoms with Crippen LogP contribution in [0.15, 0.2) is 4.99 Å². The molecule has 2 atom stereocenters. The molecule has 7 heteroatoms. The summed E-state index contributed by atoms with van der Waals surface area (Å²) < 4.78 is 0. The molecular weight excluding hydrogens is 291 g/mol. The lowest BCUT2D eigenvalue weighted by molar-refractivity contribution is 0.443. The molecular formula is C7H8Cl5NO. The molecule has 0 aliphatic rings. The lowest BCUT2D eigenvalue weighted by atomic mass is 9.95. The fourth-order valence-corrected chi connectivity index (χ4v) is 2.38. The van der Waals surface area contributed by atoms with Crippen molar-refractivity contribution in [3.8, 4) is 0 Å². The average Bonchev–Trinajstić information content (AvgIpc) is 2.15. The van der Waals surface area contributed by atoms with E-state index in [1.54, 1.807) is 0 Å². The van der Waals surface area contributed by atoms with Crippen LogP contribution in [0, 0.1) is 0 Å². The van der Waals surface area contributed by atoms with Crippen molar-refractivity contribution < 1.29 is 4.79 Å². The molecule has 0 saturated heterocycles. The van der Waals surface area contributed by atoms with Gasteiger partial charge in [0.05, 0.1) is 11.3 Å². The van der Waals surface area contributed by atoms with Crippen LogP contribution in [-0.2, 0) is 4.79 Å². The highest BCUT2D eigenvalue weighted by molar-refractivity contribution is 6.44. The van der Waals surface area contributed by atoms with Crippen molar-refractivity contribution in [2.75, 3.05) is 11.8 Å². The van der Waals surface area contributed by atoms with Crippen molar-refractivity contribution in [3.63, 3.8) is 0 Å². The molecule has 0 aromatic heterocycles. The maximum absolute atomic E-state index is 10.2. The Kier molecular flexibility index (Phi) is 7.59. The number of carbonyl (C=O) groups excluding carboxylic acids is 1. The van der Waals surface area contributed by atoms with Crippen molar-refractivity contribution in [1.82, 2.24) is 0 Å². The Labute approximate surface area is 108 Å². The zero-order chi connectivity index (χ0) is 11.2. The van der Waals surface area contributed by atoms with Crippen molar-refractivity contribution in [2.24, 2.45) is 4.99 Å². The van der Waals surface area contributed by atoms with Gasteiger partial charge in [0, 0.05) is 12.3 Å². The maximum Gasteiger partial charge on any atom is 0.235 e. The number of nitrogens with zero attached hydrogens (tertiary/aromatic N) is 1. The molecule has 82 valence electrons. The minimum atomic E-state index is -1.04. The lowest BCUT2D eigenvalue weighted by Gasteiger charge is -2.29. The van der Waals surface area contributed by atoms with Gasteiger partial charge in [-0.05, 0) is 0 Å². The summed E-state index contributed by atoms with van der Waals surface area (Å²) in [7, 11) is 0. The number of rotatable bonds is 6. The van der Waals surface area contributed by atoms with E-state index in [4.69, 9.17) is 58.0 Å². The molecule has 0 bridgehead atoms. The Hall–Kier alpha value is 0.830. The first-order valence-electron chi connectivity index (χ1n) is 3.65. The quantitative estimate of drug-likeness (QED) is 0.420. The van der Waals surface area contributed by atoms with E-state index in [0.29, 0.717) is 0 Å². The van der Waals surface area contributed by atoms with Crippen LogP contribution in [0.4, 0.5) is 0 Å². The fraction of sp³-hybridized carbons (Fsp3) is 0.857. The zero-order valence-corrected chi connectivity index (χ0v) is 10.8. The third-order valence-corrected chi connectivity index (χ3v) is 3.52. The van der Waals surface area contributed by atoms with Crippen molar-refractivity contribution in [1.29, 1.82) is 0 Å². The third kappa shape index (κ3) is 4.14. The van der Waals surface area contributed by atoms with Gasteiger partial charge in [-0.2, -0.15) is 4.99 Å². The van der Waals surface area contributed by atoms with Gasteiger partial charge in [-0.15, -0.1) is 58.0 Å². The minimum Gasteiger partial charge on any atom is -0.211 e. The maximum atomic E-state index is 10.2. The molecule has 0 N–H and O–H groups in total. The first kappa shape index (κ1) is 14.8. The Balaban J connectivity index is 4.86. The number of halogens is 5. The van der Waals surface area contributed by atoms with Gasteiger partial charge in [0.25, 0.3) is 0 Å². The van der Waals surface area contributed by atoms with Gasteiger partial charge in [0.1, 0.15) is 10.4 Å². The third-order valence-electron chi connectivity index (χ3n) is 1.73. The highest BCUT2D eigenvalue weighted by atomic mass is 35.5. The molecule has 0 aromatic rings. The van der Waals surface area contributed by atoms with Crippen LogP contribution in [0.3, 0.4) is 0 Å². The Morgan fingerprint density at radius 1 is 1.29 bits per heavy atom. The van der Waals surface area contributed by atoms with Gasteiger partial charge < -0.3 is 0 Å². The van der Waals surface area contributed by atoms with Crippen LogP contribution in [0.2, 0.25) is 0 Å². The van der Waals surface area contributed by atoms with E-state index in [9.17, 15) is 4.79 Å². The number of alkyl halides is 5. The summed E-state index contributed by atoms with van der Waals surface area (Å²) in [5.41, 5.74) is -1.04. The van der Waals surface area contributed by atoms with Crippen LogP contribution in [0.5, 0.6) is 0 Å². The van der Waals surface area contributed by atoms with E-state index in [1.165, 1.54) is 6.08 Å². The highest BCUT2D eigenvalue weighted by Crippen LogP contribution is 2.31. The van der Waals surface area contributed by atoms with Gasteiger partial charge in [-0.1, -0.05) is 0 Å². The Morgan fingerprint density at radius 2 is 1.86 bits per heavy atom. The SMILES string of the molecule is O=C=NC(CCl)(CC(Cl)Cl)C(Cl)CCl. The smallest absolute Gasteiger partial charge is 0.211 e. The number of hydrogen-bond donors (Lipinski definition) is 0. The van der Waals surface area contributed by atoms with Gasteiger partial charge in [-0.3, -0.25) is 0 Å². The van der Waals surface area contributed by atoms with E-state index in [2.05, 4.69) is 4.99 Å². The number of isocyanates is 1. The first-order valence-corrected chi connectivity index (χ1v) is 6.03. The lowest BCUT2D eigenvalue weighted by Crippen LogP contribution is -2.42. The van der Waals surface area contributed by atoms with E-state index in [0.717, 1.165) is 0 Å². The van der Waals surface area contributed by atoms with E-state index in [-0.39, 0.29) is 18.2 Å². The van der Waals surface area contributed by atoms with Gasteiger partial charge in [0.15, 0.2) is 0 Å². The topological polar surface area (TPSA) is 29.4 Å². The first-order chi connectivity index (χ1) is 6.52. The summed E-state index contributed by atoms with van der Waals surface area (Å²) >= 11 is 28.3. The number of aliphatic imine (C=N–C) groups is 1. The second-order valence-electron chi connectivity index (χ2n) is 2.66. The predicted octanol–water partition coefficient (Wildman–Crippen LogP) is 3.34. The van der Waals surface area contributed by atoms with Gasteiger partial charge in [-0.25, -0.2) is 4.79 Å². The van der Waals surface area contributed by atoms with Crippen LogP contribution in [0.25, 0.3) is 0 Å². The zero-order valence-electron chi connectivity index (χ0n) is 7.02. The molecule has 0 aliphatic heterocycles. The second kappa shape index (κ2) is 7.16. The van der Waals surface area contributed by atoms with Crippen LogP contribution < -0.4 is 0 Å². The molecule has 0 heterocycles. The Bertz CT molecular complexity index is 218. The molecule has 0 radical (unpaired) electrons. The largest absolute Gasteiger partial charge is 0.235 e. The highest BCUT2D eigenvalue weighted by Gasteiger charge is 2.38. The van der Waals surface area contributed by atoms with Gasteiger partial charge in [0.2, 0.25) is 6.08 Å². The molecule has 0 spiro atoms. The summed E-state index contributed by atoms with van der Waals surface area (Å²) in [5.74, 6) is 0.110. The van der Waals surface area contributed by atoms with Crippen LogP contribution in [0.1, 0.15) is 6.42 Å². The fourth-order valence-electron chi connectivity index (χ4n) is 0.913. The average molecular weight is 299 g/mol. The second-order valence-corrected chi connectivity index (χ2v) is 5.04. The Morgan fingerprint density at radius 3 is 2.14 bits per heavy atom. The van der Waals surface area contributed by atoms with Crippen molar-refractivity contribution in [2.45, 2.75) is 22.2 Å². The summed E-state index contributed by atoms with van der Waals surface area (Å²) in [4.78, 5) is 13.1. The van der Waals surface area contributed by atoms with E-state index in [1.807, 2.05) is 0 Å². The molecule has 14 heavy (non-hydrogen) atoms. The molecule has 2 unspecified atom stereocenters. The molecule has 0 fully saturated rings. The van der Waals surface area contributed by atoms with Crippen molar-refractivity contribution in [3.05, 3.63) is 0 Å². The summed E-state index contributed by atoms with van der Waals surface area (Å²) in [6.45, 7) is 0. The van der Waals surface area contributed by atoms with E-state index < -0.39 is 15.8 Å². The molecule has 0 aliphatic carbocycles. The van der Waals surface area contributed by atoms with E-state index >= 15 is 0 Å². The van der Waals surface area contributed by atoms with Crippen molar-refractivity contribution >= 4 is 64.1 Å². The standard InChI is InChI=1S/C7H8Cl5NO/c8-2-5(10)7(3-9,13-4-14)1-6(11)12/h5-6H,1-3H2. The molecule has 2 nitrogen and oxygen atoms in total. The summed E-state index contributed by atoms with van der Waals surface area (Å²) in [6, 6.07) is 0. The molecule has 0 amide bonds. The predicted molar refractivity (Wildman–Crippen MR) is 62.0 cm³/mol. The van der Waals surface area contributed by atoms with Crippen LogP contribution in [-0.4, -0.2) is 33.6 Å². The number of hydrogen-bond acceptors (Lipinski definition) is 2. The normalized spacial score (nSPS) is 17.3. The monoisotopic (exact) mass is 297 g/mol. The molecule has 0 aromatic carbocycles. The summed E-state index contributed by atoms with van der Waals surface area (Å²) in [6.07, 6.45) is 1.57. The minimum absolute atomic E-state index is 0.0130. The molecule has 0 saturated carbocycles. The van der Waals surface area contributed by atoms with Crippen LogP contribution >= 0.6 is 58.0 Å².